The van der Waals surface area contributed by atoms with E-state index in [9.17, 15) is 14.9 Å². The second kappa shape index (κ2) is 8.44. The van der Waals surface area contributed by atoms with Crippen LogP contribution in [0.25, 0.3) is 17.0 Å². The number of aromatic nitrogens is 1. The van der Waals surface area contributed by atoms with Crippen molar-refractivity contribution in [1.29, 1.82) is 5.26 Å². The predicted molar refractivity (Wildman–Crippen MR) is 110 cm³/mol. The van der Waals surface area contributed by atoms with Crippen molar-refractivity contribution >= 4 is 28.5 Å². The van der Waals surface area contributed by atoms with Crippen molar-refractivity contribution in [3.63, 3.8) is 0 Å². The lowest BCUT2D eigenvalue weighted by molar-refractivity contribution is -0.115. The maximum atomic E-state index is 13.0. The second-order valence-electron chi connectivity index (χ2n) is 6.48. The molecular weight excluding hydrogens is 368 g/mol. The van der Waals surface area contributed by atoms with E-state index >= 15 is 0 Å². The number of carbonyl (C=O) groups is 2. The van der Waals surface area contributed by atoms with Gasteiger partial charge in [-0.05, 0) is 36.8 Å². The molecule has 1 heterocycles. The van der Waals surface area contributed by atoms with E-state index in [-0.39, 0.29) is 0 Å². The molecule has 0 saturated carbocycles. The van der Waals surface area contributed by atoms with E-state index in [2.05, 4.69) is 4.98 Å². The number of nitriles is 1. The Kier molecular flexibility index (Phi) is 5.79. The molecule has 0 aliphatic carbocycles. The van der Waals surface area contributed by atoms with Crippen LogP contribution in [0.3, 0.4) is 0 Å². The number of hydrogen-bond donors (Lipinski definition) is 1. The molecule has 0 radical (unpaired) electrons. The first-order chi connectivity index (χ1) is 14.0. The molecule has 0 fully saturated rings. The van der Waals surface area contributed by atoms with Crippen molar-refractivity contribution in [2.45, 2.75) is 6.92 Å². The molecule has 0 bridgehead atoms. The lowest BCUT2D eigenvalue weighted by atomic mass is 9.92. The van der Waals surface area contributed by atoms with Crippen molar-refractivity contribution in [3.05, 3.63) is 65.4 Å². The summed E-state index contributed by atoms with van der Waals surface area (Å²) in [5.41, 5.74) is 2.45. The normalized spacial score (nSPS) is 11.9. The second-order valence-corrected chi connectivity index (χ2v) is 6.48. The first kappa shape index (κ1) is 19.9. The van der Waals surface area contributed by atoms with Crippen molar-refractivity contribution in [3.8, 4) is 17.6 Å². The standard InChI is InChI=1S/C23H20N2O4/c1-14-22(18-6-4-5-7-20(18)25-14)23(27)19(13-24)21(26)9-8-15-10-16(28-2)12-17(11-15)29-3/h4-12,19,25H,1-3H3/b9-8+. The van der Waals surface area contributed by atoms with Gasteiger partial charge in [-0.1, -0.05) is 24.3 Å². The van der Waals surface area contributed by atoms with Crippen LogP contribution in [0.15, 0.2) is 48.5 Å². The van der Waals surface area contributed by atoms with Crippen LogP contribution in [-0.2, 0) is 4.79 Å². The summed E-state index contributed by atoms with van der Waals surface area (Å²) >= 11 is 0. The number of fused-ring (bicyclic) bond motifs is 1. The Hall–Kier alpha value is -3.85. The molecule has 0 amide bonds. The van der Waals surface area contributed by atoms with Gasteiger partial charge in [0.05, 0.1) is 20.3 Å². The summed E-state index contributed by atoms with van der Waals surface area (Å²) in [5.74, 6) is -1.38. The molecule has 6 nitrogen and oxygen atoms in total. The van der Waals surface area contributed by atoms with Crippen LogP contribution in [0, 0.1) is 24.2 Å². The van der Waals surface area contributed by atoms with Gasteiger partial charge in [-0.15, -0.1) is 0 Å². The van der Waals surface area contributed by atoms with E-state index in [1.54, 1.807) is 31.2 Å². The number of ketones is 2. The Morgan fingerprint density at radius 1 is 1.10 bits per heavy atom. The van der Waals surface area contributed by atoms with Crippen LogP contribution in [-0.4, -0.2) is 30.8 Å². The average Bonchev–Trinajstić information content (AvgIpc) is 3.07. The van der Waals surface area contributed by atoms with Crippen LogP contribution in [0.5, 0.6) is 11.5 Å². The van der Waals surface area contributed by atoms with E-state index in [1.165, 1.54) is 26.4 Å². The Morgan fingerprint density at radius 3 is 2.38 bits per heavy atom. The smallest absolute Gasteiger partial charge is 0.190 e. The van der Waals surface area contributed by atoms with Crippen molar-refractivity contribution in [2.75, 3.05) is 14.2 Å². The third-order valence-electron chi connectivity index (χ3n) is 4.63. The van der Waals surface area contributed by atoms with Crippen LogP contribution >= 0.6 is 0 Å². The van der Waals surface area contributed by atoms with Crippen LogP contribution < -0.4 is 9.47 Å². The minimum atomic E-state index is -1.42. The van der Waals surface area contributed by atoms with E-state index in [4.69, 9.17) is 9.47 Å². The van der Waals surface area contributed by atoms with Gasteiger partial charge in [0.15, 0.2) is 17.5 Å². The molecule has 0 spiro atoms. The van der Waals surface area contributed by atoms with E-state index < -0.39 is 17.5 Å². The molecule has 3 rings (SSSR count). The Labute approximate surface area is 168 Å². The number of aromatic amines is 1. The zero-order valence-electron chi connectivity index (χ0n) is 16.4. The number of nitrogens with zero attached hydrogens (tertiary/aromatic N) is 1. The van der Waals surface area contributed by atoms with Gasteiger partial charge in [-0.3, -0.25) is 9.59 Å². The van der Waals surface area contributed by atoms with Gasteiger partial charge in [-0.2, -0.15) is 5.26 Å². The van der Waals surface area contributed by atoms with Crippen LogP contribution in [0.1, 0.15) is 21.6 Å². The number of para-hydroxylation sites is 1. The van der Waals surface area contributed by atoms with Gasteiger partial charge < -0.3 is 14.5 Å². The summed E-state index contributed by atoms with van der Waals surface area (Å²) < 4.78 is 10.4. The molecule has 0 saturated heterocycles. The molecule has 0 aliphatic heterocycles. The number of ether oxygens (including phenoxy) is 2. The molecule has 1 unspecified atom stereocenters. The number of Topliss-reactive ketones (excluding diaryl/α,β-unsaturated/α-hetero) is 1. The summed E-state index contributed by atoms with van der Waals surface area (Å²) in [6.07, 6.45) is 2.78. The van der Waals surface area contributed by atoms with Crippen molar-refractivity contribution < 1.29 is 19.1 Å². The fraction of sp³-hybridized carbons (Fsp3) is 0.174. The van der Waals surface area contributed by atoms with E-state index in [0.717, 1.165) is 5.52 Å². The van der Waals surface area contributed by atoms with Gasteiger partial charge in [0, 0.05) is 28.2 Å². The zero-order valence-corrected chi connectivity index (χ0v) is 16.4. The highest BCUT2D eigenvalue weighted by Gasteiger charge is 2.29. The number of hydrogen-bond acceptors (Lipinski definition) is 5. The molecule has 29 heavy (non-hydrogen) atoms. The lowest BCUT2D eigenvalue weighted by Crippen LogP contribution is -2.21. The largest absolute Gasteiger partial charge is 0.497 e. The number of allylic oxidation sites excluding steroid dienone is 1. The van der Waals surface area contributed by atoms with E-state index in [0.29, 0.717) is 33.7 Å². The monoisotopic (exact) mass is 388 g/mol. The molecule has 6 heteroatoms. The van der Waals surface area contributed by atoms with Crippen LogP contribution in [0.4, 0.5) is 0 Å². The van der Waals surface area contributed by atoms with E-state index in [1.807, 2.05) is 24.3 Å². The molecule has 1 N–H and O–H groups in total. The minimum Gasteiger partial charge on any atom is -0.497 e. The Morgan fingerprint density at radius 2 is 1.76 bits per heavy atom. The minimum absolute atomic E-state index is 0.372. The molecular formula is C23H20N2O4. The summed E-state index contributed by atoms with van der Waals surface area (Å²) in [4.78, 5) is 28.7. The maximum Gasteiger partial charge on any atom is 0.190 e. The van der Waals surface area contributed by atoms with Gasteiger partial charge in [0.2, 0.25) is 0 Å². The number of carbonyl (C=O) groups excluding carboxylic acids is 2. The predicted octanol–water partition coefficient (Wildman–Crippen LogP) is 4.10. The molecule has 1 aromatic heterocycles. The first-order valence-electron chi connectivity index (χ1n) is 8.94. The summed E-state index contributed by atoms with van der Waals surface area (Å²) in [5, 5.41) is 10.2. The van der Waals surface area contributed by atoms with Crippen molar-refractivity contribution in [1.82, 2.24) is 4.98 Å². The fourth-order valence-electron chi connectivity index (χ4n) is 3.19. The Balaban J connectivity index is 1.89. The molecule has 2 aromatic carbocycles. The quantitative estimate of drug-likeness (QED) is 0.374. The highest BCUT2D eigenvalue weighted by atomic mass is 16.5. The first-order valence-corrected chi connectivity index (χ1v) is 8.94. The summed E-state index contributed by atoms with van der Waals surface area (Å²) in [6.45, 7) is 1.75. The molecule has 0 aliphatic rings. The number of H-pyrrole nitrogens is 1. The van der Waals surface area contributed by atoms with Gasteiger partial charge in [0.25, 0.3) is 0 Å². The number of rotatable bonds is 7. The van der Waals surface area contributed by atoms with Gasteiger partial charge in [0.1, 0.15) is 11.5 Å². The van der Waals surface area contributed by atoms with Gasteiger partial charge >= 0.3 is 0 Å². The number of benzene rings is 2. The fourth-order valence-corrected chi connectivity index (χ4v) is 3.19. The average molecular weight is 388 g/mol. The summed E-state index contributed by atoms with van der Waals surface area (Å²) in [7, 11) is 3.06. The third kappa shape index (κ3) is 4.04. The molecule has 3 aromatic rings. The zero-order chi connectivity index (χ0) is 21.0. The highest BCUT2D eigenvalue weighted by Crippen LogP contribution is 2.26. The molecule has 146 valence electrons. The molecule has 1 atom stereocenters. The van der Waals surface area contributed by atoms with Crippen molar-refractivity contribution in [2.24, 2.45) is 5.92 Å². The maximum absolute atomic E-state index is 13.0. The number of methoxy groups -OCH3 is 2. The topological polar surface area (TPSA) is 92.2 Å². The Bertz CT molecular complexity index is 1130. The SMILES string of the molecule is COc1cc(/C=C/C(=O)C(C#N)C(=O)c2c(C)[nH]c3ccccc23)cc(OC)c1. The van der Waals surface area contributed by atoms with Crippen LogP contribution in [0.2, 0.25) is 0 Å². The summed E-state index contributed by atoms with van der Waals surface area (Å²) in [6, 6.07) is 14.3. The number of nitrogens with one attached hydrogen (secondary N) is 1. The van der Waals surface area contributed by atoms with Gasteiger partial charge in [-0.25, -0.2) is 0 Å². The lowest BCUT2D eigenvalue weighted by Gasteiger charge is -2.07. The third-order valence-corrected chi connectivity index (χ3v) is 4.63. The number of aryl methyl sites for hydroxylation is 1. The highest BCUT2D eigenvalue weighted by molar-refractivity contribution is 6.21.